The summed E-state index contributed by atoms with van der Waals surface area (Å²) in [6.45, 7) is 8.11. The minimum Gasteiger partial charge on any atom is -0.396 e. The van der Waals surface area contributed by atoms with Crippen LogP contribution in [-0.4, -0.2) is 55.9 Å². The van der Waals surface area contributed by atoms with Crippen LogP contribution >= 0.6 is 0 Å². The van der Waals surface area contributed by atoms with Crippen LogP contribution in [-0.2, 0) is 0 Å². The molecule has 0 aromatic carbocycles. The topological polar surface area (TPSA) is 64.6 Å². The van der Waals surface area contributed by atoms with Crippen molar-refractivity contribution < 1.29 is 9.90 Å². The normalized spacial score (nSPS) is 18.8. The molecule has 0 aliphatic heterocycles. The van der Waals surface area contributed by atoms with Gasteiger partial charge in [0.15, 0.2) is 0 Å². The van der Waals surface area contributed by atoms with Gasteiger partial charge in [0, 0.05) is 18.0 Å². The highest BCUT2D eigenvalue weighted by molar-refractivity contribution is 5.74. The maximum Gasteiger partial charge on any atom is 0.315 e. The molecule has 1 saturated carbocycles. The van der Waals surface area contributed by atoms with E-state index in [9.17, 15) is 9.90 Å². The molecule has 0 bridgehead atoms. The number of nitrogens with one attached hydrogen (secondary N) is 2. The summed E-state index contributed by atoms with van der Waals surface area (Å²) in [5.74, 6) is 0. The molecular weight excluding hydrogens is 254 g/mol. The average molecular weight is 285 g/mol. The lowest BCUT2D eigenvalue weighted by Gasteiger charge is -2.32. The van der Waals surface area contributed by atoms with Gasteiger partial charge in [-0.25, -0.2) is 4.79 Å². The van der Waals surface area contributed by atoms with Crippen molar-refractivity contribution in [2.45, 2.75) is 46.1 Å². The highest BCUT2D eigenvalue weighted by Gasteiger charge is 2.42. The van der Waals surface area contributed by atoms with Crippen molar-refractivity contribution in [3.63, 3.8) is 0 Å². The Morgan fingerprint density at radius 2 is 1.95 bits per heavy atom. The molecule has 3 N–H and O–H groups in total. The lowest BCUT2D eigenvalue weighted by molar-refractivity contribution is 0.191. The Hall–Kier alpha value is -0.810. The average Bonchev–Trinajstić information content (AvgIpc) is 3.11. The molecule has 0 spiro atoms. The second-order valence-corrected chi connectivity index (χ2v) is 7.50. The van der Waals surface area contributed by atoms with Gasteiger partial charge in [-0.1, -0.05) is 20.8 Å². The number of hydrogen-bond donors (Lipinski definition) is 3. The van der Waals surface area contributed by atoms with Crippen LogP contribution in [0.25, 0.3) is 0 Å². The number of rotatable bonds is 7. The summed E-state index contributed by atoms with van der Waals surface area (Å²) in [5.41, 5.74) is -0.0141. The van der Waals surface area contributed by atoms with E-state index in [0.717, 1.165) is 25.8 Å². The maximum atomic E-state index is 12.0. The van der Waals surface area contributed by atoms with Crippen LogP contribution < -0.4 is 10.6 Å². The van der Waals surface area contributed by atoms with Crippen LogP contribution in [0.5, 0.6) is 0 Å². The number of urea groups is 1. The van der Waals surface area contributed by atoms with E-state index in [1.807, 2.05) is 14.1 Å². The number of amides is 2. The minimum absolute atomic E-state index is 0.0294. The Labute approximate surface area is 123 Å². The van der Waals surface area contributed by atoms with Gasteiger partial charge < -0.3 is 20.6 Å². The van der Waals surface area contributed by atoms with Gasteiger partial charge in [0.2, 0.25) is 0 Å². The van der Waals surface area contributed by atoms with Gasteiger partial charge in [-0.05, 0) is 45.3 Å². The molecule has 1 rings (SSSR count). The molecule has 0 saturated heterocycles. The Morgan fingerprint density at radius 1 is 1.35 bits per heavy atom. The van der Waals surface area contributed by atoms with Crippen molar-refractivity contribution in [2.24, 2.45) is 10.8 Å². The van der Waals surface area contributed by atoms with E-state index in [4.69, 9.17) is 0 Å². The van der Waals surface area contributed by atoms with Crippen molar-refractivity contribution in [2.75, 3.05) is 33.8 Å². The quantitative estimate of drug-likeness (QED) is 0.663. The third-order valence-corrected chi connectivity index (χ3v) is 4.13. The Balaban J connectivity index is 2.41. The van der Waals surface area contributed by atoms with Crippen LogP contribution in [0.3, 0.4) is 0 Å². The van der Waals surface area contributed by atoms with E-state index < -0.39 is 0 Å². The molecule has 1 unspecified atom stereocenters. The van der Waals surface area contributed by atoms with E-state index >= 15 is 0 Å². The molecule has 0 aromatic heterocycles. The number of nitrogens with zero attached hydrogens (tertiary/aromatic N) is 1. The van der Waals surface area contributed by atoms with E-state index in [0.29, 0.717) is 6.54 Å². The second kappa shape index (κ2) is 6.76. The van der Waals surface area contributed by atoms with Crippen LogP contribution in [0.15, 0.2) is 0 Å². The summed E-state index contributed by atoms with van der Waals surface area (Å²) in [4.78, 5) is 14.1. The van der Waals surface area contributed by atoms with Crippen LogP contribution in [0.2, 0.25) is 0 Å². The first kappa shape index (κ1) is 17.2. The van der Waals surface area contributed by atoms with Gasteiger partial charge in [-0.2, -0.15) is 0 Å². The van der Waals surface area contributed by atoms with Gasteiger partial charge in [0.1, 0.15) is 0 Å². The molecule has 1 aliphatic carbocycles. The molecule has 5 heteroatoms. The third kappa shape index (κ3) is 5.67. The highest BCUT2D eigenvalue weighted by Crippen LogP contribution is 2.44. The van der Waals surface area contributed by atoms with Crippen molar-refractivity contribution in [3.8, 4) is 0 Å². The molecular formula is C15H31N3O2. The molecule has 118 valence electrons. The number of carbonyl (C=O) groups excluding carboxylic acids is 1. The Morgan fingerprint density at radius 3 is 2.35 bits per heavy atom. The van der Waals surface area contributed by atoms with Crippen molar-refractivity contribution >= 4 is 6.03 Å². The molecule has 0 aromatic rings. The smallest absolute Gasteiger partial charge is 0.315 e. The van der Waals surface area contributed by atoms with Crippen LogP contribution in [0.4, 0.5) is 4.79 Å². The zero-order valence-electron chi connectivity index (χ0n) is 13.6. The van der Waals surface area contributed by atoms with Gasteiger partial charge >= 0.3 is 6.03 Å². The molecule has 2 amide bonds. The first-order valence-corrected chi connectivity index (χ1v) is 7.48. The number of hydrogen-bond acceptors (Lipinski definition) is 3. The molecule has 0 radical (unpaired) electrons. The van der Waals surface area contributed by atoms with E-state index in [1.165, 1.54) is 0 Å². The monoisotopic (exact) mass is 285 g/mol. The van der Waals surface area contributed by atoms with Crippen LogP contribution in [0, 0.1) is 10.8 Å². The molecule has 20 heavy (non-hydrogen) atoms. The lowest BCUT2D eigenvalue weighted by atomic mass is 9.84. The van der Waals surface area contributed by atoms with Gasteiger partial charge in [0.05, 0.1) is 6.61 Å². The Kier molecular flexibility index (Phi) is 5.83. The number of carbonyl (C=O) groups is 1. The summed E-state index contributed by atoms with van der Waals surface area (Å²) >= 11 is 0. The molecule has 5 nitrogen and oxygen atoms in total. The Bertz CT molecular complexity index is 320. The molecule has 1 aliphatic rings. The first-order chi connectivity index (χ1) is 9.18. The summed E-state index contributed by atoms with van der Waals surface area (Å²) in [7, 11) is 4.08. The molecule has 1 atom stereocenters. The standard InChI is InChI=1S/C15H31N3O2/c1-14(2,3)12(6-9-18(4)5)17-13(20)16-10-15(11-19)7-8-15/h12,19H,6-11H2,1-5H3,(H2,16,17,20). The van der Waals surface area contributed by atoms with Crippen molar-refractivity contribution in [1.82, 2.24) is 15.5 Å². The largest absolute Gasteiger partial charge is 0.396 e. The second-order valence-electron chi connectivity index (χ2n) is 7.50. The van der Waals surface area contributed by atoms with Gasteiger partial charge in [0.25, 0.3) is 0 Å². The number of aliphatic hydroxyl groups excluding tert-OH is 1. The van der Waals surface area contributed by atoms with Gasteiger partial charge in [-0.3, -0.25) is 0 Å². The predicted octanol–water partition coefficient (Wildman–Crippen LogP) is 1.42. The maximum absolute atomic E-state index is 12.0. The van der Waals surface area contributed by atoms with Crippen molar-refractivity contribution in [3.05, 3.63) is 0 Å². The SMILES string of the molecule is CN(C)CCC(NC(=O)NCC1(CO)CC1)C(C)(C)C. The summed E-state index contributed by atoms with van der Waals surface area (Å²) in [6.07, 6.45) is 2.94. The summed E-state index contributed by atoms with van der Waals surface area (Å²) in [5, 5.41) is 15.2. The summed E-state index contributed by atoms with van der Waals surface area (Å²) < 4.78 is 0. The fourth-order valence-electron chi connectivity index (χ4n) is 2.15. The lowest BCUT2D eigenvalue weighted by Crippen LogP contribution is -2.50. The van der Waals surface area contributed by atoms with E-state index in [2.05, 4.69) is 36.3 Å². The zero-order chi connectivity index (χ0) is 15.4. The summed E-state index contributed by atoms with van der Waals surface area (Å²) in [6, 6.07) is 0.0117. The van der Waals surface area contributed by atoms with E-state index in [1.54, 1.807) is 0 Å². The molecule has 0 heterocycles. The molecule has 1 fully saturated rings. The highest BCUT2D eigenvalue weighted by atomic mass is 16.3. The predicted molar refractivity (Wildman–Crippen MR) is 81.7 cm³/mol. The minimum atomic E-state index is -0.122. The first-order valence-electron chi connectivity index (χ1n) is 7.48. The third-order valence-electron chi connectivity index (χ3n) is 4.13. The van der Waals surface area contributed by atoms with Crippen molar-refractivity contribution in [1.29, 1.82) is 0 Å². The van der Waals surface area contributed by atoms with Crippen LogP contribution in [0.1, 0.15) is 40.0 Å². The fourth-order valence-corrected chi connectivity index (χ4v) is 2.15. The fraction of sp³-hybridized carbons (Fsp3) is 0.933. The van der Waals surface area contributed by atoms with E-state index in [-0.39, 0.29) is 29.5 Å². The number of aliphatic hydroxyl groups is 1. The zero-order valence-corrected chi connectivity index (χ0v) is 13.6. The van der Waals surface area contributed by atoms with Gasteiger partial charge in [-0.15, -0.1) is 0 Å².